The summed E-state index contributed by atoms with van der Waals surface area (Å²) in [6.45, 7) is 9.22. The molecule has 0 aromatic carbocycles. The first-order chi connectivity index (χ1) is 5.65. The van der Waals surface area contributed by atoms with Crippen molar-refractivity contribution < 1.29 is 4.74 Å². The number of rotatable bonds is 6. The molecule has 0 amide bonds. The van der Waals surface area contributed by atoms with Gasteiger partial charge < -0.3 is 10.5 Å². The van der Waals surface area contributed by atoms with Crippen LogP contribution in [0.25, 0.3) is 0 Å². The molecule has 2 heteroatoms. The van der Waals surface area contributed by atoms with E-state index in [1.807, 2.05) is 0 Å². The predicted octanol–water partition coefficient (Wildman–Crippen LogP) is 2.17. The highest BCUT2D eigenvalue weighted by Gasteiger charge is 2.18. The van der Waals surface area contributed by atoms with Crippen molar-refractivity contribution in [2.45, 2.75) is 52.7 Å². The predicted molar refractivity (Wildman–Crippen MR) is 53.1 cm³/mol. The van der Waals surface area contributed by atoms with E-state index in [-0.39, 0.29) is 0 Å². The Kier molecular flexibility index (Phi) is 6.39. The molecule has 0 saturated heterocycles. The third-order valence-corrected chi connectivity index (χ3v) is 2.20. The zero-order valence-electron chi connectivity index (χ0n) is 8.84. The Morgan fingerprint density at radius 2 is 1.75 bits per heavy atom. The Morgan fingerprint density at radius 3 is 2.00 bits per heavy atom. The van der Waals surface area contributed by atoms with Gasteiger partial charge in [0.1, 0.15) is 0 Å². The molecule has 0 rings (SSSR count). The van der Waals surface area contributed by atoms with Gasteiger partial charge in [-0.1, -0.05) is 13.8 Å². The molecule has 12 heavy (non-hydrogen) atoms. The van der Waals surface area contributed by atoms with Crippen LogP contribution in [0.15, 0.2) is 0 Å². The van der Waals surface area contributed by atoms with Crippen LogP contribution in [0.3, 0.4) is 0 Å². The topological polar surface area (TPSA) is 35.2 Å². The third kappa shape index (κ3) is 4.07. The van der Waals surface area contributed by atoms with Gasteiger partial charge in [-0.3, -0.25) is 0 Å². The van der Waals surface area contributed by atoms with Crippen LogP contribution in [-0.2, 0) is 4.74 Å². The van der Waals surface area contributed by atoms with E-state index in [1.54, 1.807) is 0 Å². The largest absolute Gasteiger partial charge is 0.375 e. The summed E-state index contributed by atoms with van der Waals surface area (Å²) in [7, 11) is 0. The number of hydrogen-bond donors (Lipinski definition) is 1. The summed E-state index contributed by atoms with van der Waals surface area (Å²) >= 11 is 0. The molecule has 0 saturated carbocycles. The minimum atomic E-state index is 0.315. The van der Waals surface area contributed by atoms with Crippen molar-refractivity contribution in [2.75, 3.05) is 6.54 Å². The normalized spacial score (nSPS) is 16.5. The summed E-state index contributed by atoms with van der Waals surface area (Å²) in [4.78, 5) is 0. The second-order valence-corrected chi connectivity index (χ2v) is 3.54. The molecule has 0 aliphatic carbocycles. The van der Waals surface area contributed by atoms with Crippen molar-refractivity contribution in [1.29, 1.82) is 0 Å². The molecular weight excluding hydrogens is 150 g/mol. The fraction of sp³-hybridized carbons (Fsp3) is 1.00. The molecule has 0 heterocycles. The van der Waals surface area contributed by atoms with Gasteiger partial charge in [0.2, 0.25) is 0 Å². The summed E-state index contributed by atoms with van der Waals surface area (Å²) < 4.78 is 5.76. The lowest BCUT2D eigenvalue weighted by atomic mass is 9.97. The van der Waals surface area contributed by atoms with Gasteiger partial charge in [-0.05, 0) is 39.2 Å². The fourth-order valence-electron chi connectivity index (χ4n) is 1.47. The van der Waals surface area contributed by atoms with Gasteiger partial charge in [0.15, 0.2) is 0 Å². The Balaban J connectivity index is 3.92. The average Bonchev–Trinajstić information content (AvgIpc) is 2.04. The molecule has 0 aromatic heterocycles. The smallest absolute Gasteiger partial charge is 0.0616 e. The van der Waals surface area contributed by atoms with Gasteiger partial charge in [-0.15, -0.1) is 0 Å². The van der Waals surface area contributed by atoms with E-state index in [0.29, 0.717) is 18.1 Å². The highest BCUT2D eigenvalue weighted by molar-refractivity contribution is 4.69. The minimum absolute atomic E-state index is 0.315. The first-order valence-electron chi connectivity index (χ1n) is 5.01. The van der Waals surface area contributed by atoms with Crippen LogP contribution in [0.5, 0.6) is 0 Å². The molecular formula is C10H23NO. The molecule has 0 aromatic rings. The van der Waals surface area contributed by atoms with Crippen molar-refractivity contribution in [3.05, 3.63) is 0 Å². The van der Waals surface area contributed by atoms with E-state index in [1.165, 1.54) is 0 Å². The summed E-state index contributed by atoms with van der Waals surface area (Å²) in [5.74, 6) is 0.525. The van der Waals surface area contributed by atoms with Crippen molar-refractivity contribution in [3.8, 4) is 0 Å². The monoisotopic (exact) mass is 173 g/mol. The standard InChI is InChI=1S/C10H23NO/c1-5-9(7-11)10(6-2)12-8(3)4/h8-10H,5-7,11H2,1-4H3. The molecule has 0 aliphatic heterocycles. The molecule has 0 radical (unpaired) electrons. The second-order valence-electron chi connectivity index (χ2n) is 3.54. The van der Waals surface area contributed by atoms with E-state index in [0.717, 1.165) is 19.4 Å². The van der Waals surface area contributed by atoms with E-state index in [4.69, 9.17) is 10.5 Å². The van der Waals surface area contributed by atoms with Crippen molar-refractivity contribution >= 4 is 0 Å². The zero-order chi connectivity index (χ0) is 9.56. The Hall–Kier alpha value is -0.0800. The lowest BCUT2D eigenvalue weighted by Crippen LogP contribution is -2.31. The SMILES string of the molecule is CCC(CN)C(CC)OC(C)C. The Bertz CT molecular complexity index is 100. The number of ether oxygens (including phenoxy) is 1. The lowest BCUT2D eigenvalue weighted by molar-refractivity contribution is -0.0270. The van der Waals surface area contributed by atoms with Crippen LogP contribution in [0, 0.1) is 5.92 Å². The van der Waals surface area contributed by atoms with Crippen molar-refractivity contribution in [2.24, 2.45) is 11.7 Å². The zero-order valence-corrected chi connectivity index (χ0v) is 8.84. The Labute approximate surface area is 76.5 Å². The van der Waals surface area contributed by atoms with E-state index in [9.17, 15) is 0 Å². The number of nitrogens with two attached hydrogens (primary N) is 1. The molecule has 0 bridgehead atoms. The van der Waals surface area contributed by atoms with E-state index >= 15 is 0 Å². The van der Waals surface area contributed by atoms with Gasteiger partial charge in [0.25, 0.3) is 0 Å². The molecule has 2 nitrogen and oxygen atoms in total. The fourth-order valence-corrected chi connectivity index (χ4v) is 1.47. The van der Waals surface area contributed by atoms with E-state index in [2.05, 4.69) is 27.7 Å². The van der Waals surface area contributed by atoms with Crippen LogP contribution in [0.4, 0.5) is 0 Å². The molecule has 0 spiro atoms. The third-order valence-electron chi connectivity index (χ3n) is 2.20. The second kappa shape index (κ2) is 6.44. The molecule has 2 atom stereocenters. The highest BCUT2D eigenvalue weighted by Crippen LogP contribution is 2.15. The molecule has 2 N–H and O–H groups in total. The molecule has 74 valence electrons. The van der Waals surface area contributed by atoms with Gasteiger partial charge in [0.05, 0.1) is 12.2 Å². The average molecular weight is 173 g/mol. The quantitative estimate of drug-likeness (QED) is 0.668. The van der Waals surface area contributed by atoms with Crippen LogP contribution in [-0.4, -0.2) is 18.8 Å². The molecule has 0 aliphatic rings. The maximum Gasteiger partial charge on any atom is 0.0616 e. The summed E-state index contributed by atoms with van der Waals surface area (Å²) in [5, 5.41) is 0. The summed E-state index contributed by atoms with van der Waals surface area (Å²) in [6.07, 6.45) is 2.84. The minimum Gasteiger partial charge on any atom is -0.375 e. The van der Waals surface area contributed by atoms with Gasteiger partial charge in [0, 0.05) is 0 Å². The van der Waals surface area contributed by atoms with Crippen LogP contribution in [0.2, 0.25) is 0 Å². The first kappa shape index (κ1) is 11.9. The Morgan fingerprint density at radius 1 is 1.17 bits per heavy atom. The van der Waals surface area contributed by atoms with Gasteiger partial charge in [-0.2, -0.15) is 0 Å². The van der Waals surface area contributed by atoms with Crippen molar-refractivity contribution in [3.63, 3.8) is 0 Å². The lowest BCUT2D eigenvalue weighted by Gasteiger charge is -2.26. The van der Waals surface area contributed by atoms with Gasteiger partial charge >= 0.3 is 0 Å². The number of hydrogen-bond acceptors (Lipinski definition) is 2. The highest BCUT2D eigenvalue weighted by atomic mass is 16.5. The van der Waals surface area contributed by atoms with E-state index < -0.39 is 0 Å². The van der Waals surface area contributed by atoms with Crippen LogP contribution >= 0.6 is 0 Å². The maximum absolute atomic E-state index is 5.76. The van der Waals surface area contributed by atoms with Gasteiger partial charge in [-0.25, -0.2) is 0 Å². The van der Waals surface area contributed by atoms with Crippen molar-refractivity contribution in [1.82, 2.24) is 0 Å². The molecule has 0 fully saturated rings. The summed E-state index contributed by atoms with van der Waals surface area (Å²) in [5.41, 5.74) is 5.66. The first-order valence-corrected chi connectivity index (χ1v) is 5.01. The maximum atomic E-state index is 5.76. The summed E-state index contributed by atoms with van der Waals surface area (Å²) in [6, 6.07) is 0. The van der Waals surface area contributed by atoms with Crippen LogP contribution in [0.1, 0.15) is 40.5 Å². The molecule has 2 unspecified atom stereocenters. The van der Waals surface area contributed by atoms with Crippen LogP contribution < -0.4 is 5.73 Å².